The Balaban J connectivity index is 2.08. The second kappa shape index (κ2) is 3.70. The second-order valence-electron chi connectivity index (χ2n) is 3.61. The average molecular weight is 191 g/mol. The summed E-state index contributed by atoms with van der Waals surface area (Å²) in [6.45, 7) is 2.79. The fourth-order valence-electron chi connectivity index (χ4n) is 1.64. The van der Waals surface area contributed by atoms with Crippen LogP contribution in [0, 0.1) is 5.92 Å². The van der Waals surface area contributed by atoms with Crippen molar-refractivity contribution in [3.05, 3.63) is 29.7 Å². The van der Waals surface area contributed by atoms with Crippen LogP contribution >= 0.6 is 0 Å². The van der Waals surface area contributed by atoms with Gasteiger partial charge in [0.1, 0.15) is 5.76 Å². The van der Waals surface area contributed by atoms with E-state index in [0.717, 1.165) is 12.3 Å². The maximum atomic E-state index is 11.0. The summed E-state index contributed by atoms with van der Waals surface area (Å²) in [4.78, 5) is 11.0. The van der Waals surface area contributed by atoms with Crippen molar-refractivity contribution in [1.29, 1.82) is 0 Å². The molecular weight excluding hydrogens is 178 g/mol. The quantitative estimate of drug-likeness (QED) is 0.774. The first-order chi connectivity index (χ1) is 6.75. The molecular formula is C11H13NO2. The molecule has 1 unspecified atom stereocenters. The Bertz CT molecular complexity index is 351. The van der Waals surface area contributed by atoms with Crippen LogP contribution in [0.4, 0.5) is 0 Å². The minimum atomic E-state index is 0.141. The van der Waals surface area contributed by atoms with Crippen LogP contribution in [-0.2, 0) is 4.79 Å². The first kappa shape index (κ1) is 9.06. The van der Waals surface area contributed by atoms with Crippen molar-refractivity contribution in [2.75, 3.05) is 6.54 Å². The largest absolute Gasteiger partial charge is 0.465 e. The highest BCUT2D eigenvalue weighted by Crippen LogP contribution is 2.21. The molecule has 1 fully saturated rings. The minimum Gasteiger partial charge on any atom is -0.465 e. The number of hydrogen-bond donors (Lipinski definition) is 1. The lowest BCUT2D eigenvalue weighted by Gasteiger charge is -2.06. The molecule has 1 N–H and O–H groups in total. The fraction of sp³-hybridized carbons (Fsp3) is 0.364. The Morgan fingerprint density at radius 3 is 3.14 bits per heavy atom. The fourth-order valence-corrected chi connectivity index (χ4v) is 1.64. The van der Waals surface area contributed by atoms with E-state index in [0.29, 0.717) is 12.3 Å². The van der Waals surface area contributed by atoms with Gasteiger partial charge >= 0.3 is 0 Å². The van der Waals surface area contributed by atoms with Gasteiger partial charge in [-0.25, -0.2) is 0 Å². The molecule has 74 valence electrons. The van der Waals surface area contributed by atoms with E-state index >= 15 is 0 Å². The van der Waals surface area contributed by atoms with Gasteiger partial charge < -0.3 is 9.73 Å². The van der Waals surface area contributed by atoms with Crippen LogP contribution in [0.1, 0.15) is 19.1 Å². The van der Waals surface area contributed by atoms with Gasteiger partial charge in [-0.1, -0.05) is 5.57 Å². The molecule has 3 heteroatoms. The van der Waals surface area contributed by atoms with E-state index in [2.05, 4.69) is 5.32 Å². The molecule has 1 aliphatic heterocycles. The van der Waals surface area contributed by atoms with Crippen LogP contribution in [0.25, 0.3) is 6.08 Å². The van der Waals surface area contributed by atoms with Crippen molar-refractivity contribution < 1.29 is 9.21 Å². The third kappa shape index (κ3) is 1.87. The number of carbonyl (C=O) groups is 1. The van der Waals surface area contributed by atoms with Gasteiger partial charge in [0, 0.05) is 18.9 Å². The average Bonchev–Trinajstić information content (AvgIpc) is 2.75. The Labute approximate surface area is 82.8 Å². The summed E-state index contributed by atoms with van der Waals surface area (Å²) in [5, 5.41) is 2.82. The van der Waals surface area contributed by atoms with Gasteiger partial charge in [-0.3, -0.25) is 4.79 Å². The molecule has 1 aliphatic rings. The SMILES string of the molecule is C/C(=C/c1ccco1)C1CNC(=O)C1. The summed E-state index contributed by atoms with van der Waals surface area (Å²) < 4.78 is 5.21. The zero-order valence-corrected chi connectivity index (χ0v) is 8.12. The van der Waals surface area contributed by atoms with Crippen LogP contribution in [0.5, 0.6) is 0 Å². The van der Waals surface area contributed by atoms with Gasteiger partial charge in [0.2, 0.25) is 5.91 Å². The lowest BCUT2D eigenvalue weighted by Crippen LogP contribution is -2.14. The van der Waals surface area contributed by atoms with E-state index in [-0.39, 0.29) is 5.91 Å². The molecule has 0 radical (unpaired) electrons. The highest BCUT2D eigenvalue weighted by Gasteiger charge is 2.22. The smallest absolute Gasteiger partial charge is 0.220 e. The van der Waals surface area contributed by atoms with E-state index in [1.165, 1.54) is 5.57 Å². The van der Waals surface area contributed by atoms with E-state index in [1.54, 1.807) is 6.26 Å². The molecule has 14 heavy (non-hydrogen) atoms. The highest BCUT2D eigenvalue weighted by molar-refractivity contribution is 5.79. The van der Waals surface area contributed by atoms with E-state index < -0.39 is 0 Å². The van der Waals surface area contributed by atoms with Gasteiger partial charge in [0.25, 0.3) is 0 Å². The normalized spacial score (nSPS) is 22.5. The summed E-state index contributed by atoms with van der Waals surface area (Å²) in [7, 11) is 0. The molecule has 2 rings (SSSR count). The summed E-state index contributed by atoms with van der Waals surface area (Å²) in [5.74, 6) is 1.32. The van der Waals surface area contributed by atoms with Crippen LogP contribution < -0.4 is 5.32 Å². The Hall–Kier alpha value is -1.51. The molecule has 0 saturated carbocycles. The van der Waals surface area contributed by atoms with E-state index in [4.69, 9.17) is 4.42 Å². The van der Waals surface area contributed by atoms with Crippen LogP contribution in [0.3, 0.4) is 0 Å². The maximum Gasteiger partial charge on any atom is 0.220 e. The summed E-state index contributed by atoms with van der Waals surface area (Å²) in [6, 6.07) is 3.77. The summed E-state index contributed by atoms with van der Waals surface area (Å²) >= 11 is 0. The molecule has 2 heterocycles. The van der Waals surface area contributed by atoms with Crippen LogP contribution in [0.15, 0.2) is 28.4 Å². The molecule has 3 nitrogen and oxygen atoms in total. The lowest BCUT2D eigenvalue weighted by molar-refractivity contribution is -0.119. The van der Waals surface area contributed by atoms with Crippen molar-refractivity contribution in [2.45, 2.75) is 13.3 Å². The van der Waals surface area contributed by atoms with Gasteiger partial charge in [0.15, 0.2) is 0 Å². The van der Waals surface area contributed by atoms with Gasteiger partial charge in [-0.2, -0.15) is 0 Å². The van der Waals surface area contributed by atoms with E-state index in [1.807, 2.05) is 25.1 Å². The van der Waals surface area contributed by atoms with Gasteiger partial charge in [-0.15, -0.1) is 0 Å². The Kier molecular flexibility index (Phi) is 2.39. The monoisotopic (exact) mass is 191 g/mol. The molecule has 0 aliphatic carbocycles. The summed E-state index contributed by atoms with van der Waals surface area (Å²) in [5.41, 5.74) is 1.19. The molecule has 1 aromatic heterocycles. The maximum absolute atomic E-state index is 11.0. The number of furan rings is 1. The standard InChI is InChI=1S/C11H13NO2/c1-8(5-10-3-2-4-14-10)9-6-11(13)12-7-9/h2-5,9H,6-7H2,1H3,(H,12,13)/b8-5-. The number of hydrogen-bond acceptors (Lipinski definition) is 2. The Morgan fingerprint density at radius 2 is 2.57 bits per heavy atom. The topological polar surface area (TPSA) is 42.2 Å². The predicted molar refractivity (Wildman–Crippen MR) is 53.5 cm³/mol. The second-order valence-corrected chi connectivity index (χ2v) is 3.61. The number of nitrogens with one attached hydrogen (secondary N) is 1. The lowest BCUT2D eigenvalue weighted by atomic mass is 9.99. The zero-order chi connectivity index (χ0) is 9.97. The molecule has 0 aromatic carbocycles. The van der Waals surface area contributed by atoms with Crippen molar-refractivity contribution >= 4 is 12.0 Å². The number of amides is 1. The van der Waals surface area contributed by atoms with Gasteiger partial charge in [-0.05, 0) is 25.1 Å². The van der Waals surface area contributed by atoms with Crippen molar-refractivity contribution in [3.8, 4) is 0 Å². The van der Waals surface area contributed by atoms with Crippen molar-refractivity contribution in [1.82, 2.24) is 5.32 Å². The molecule has 0 bridgehead atoms. The number of carbonyl (C=O) groups excluding carboxylic acids is 1. The first-order valence-electron chi connectivity index (χ1n) is 4.74. The molecule has 1 atom stereocenters. The summed E-state index contributed by atoms with van der Waals surface area (Å²) in [6.07, 6.45) is 4.24. The van der Waals surface area contributed by atoms with Crippen LogP contribution in [0.2, 0.25) is 0 Å². The molecule has 1 amide bonds. The molecule has 0 spiro atoms. The zero-order valence-electron chi connectivity index (χ0n) is 8.12. The minimum absolute atomic E-state index is 0.141. The third-order valence-corrected chi connectivity index (χ3v) is 2.53. The predicted octanol–water partition coefficient (Wildman–Crippen LogP) is 1.82. The first-order valence-corrected chi connectivity index (χ1v) is 4.74. The highest BCUT2D eigenvalue weighted by atomic mass is 16.3. The third-order valence-electron chi connectivity index (χ3n) is 2.53. The van der Waals surface area contributed by atoms with Crippen molar-refractivity contribution in [2.24, 2.45) is 5.92 Å². The van der Waals surface area contributed by atoms with Gasteiger partial charge in [0.05, 0.1) is 6.26 Å². The molecule has 1 saturated heterocycles. The Morgan fingerprint density at radius 1 is 1.71 bits per heavy atom. The van der Waals surface area contributed by atoms with Crippen LogP contribution in [-0.4, -0.2) is 12.5 Å². The van der Waals surface area contributed by atoms with E-state index in [9.17, 15) is 4.79 Å². The van der Waals surface area contributed by atoms with Crippen molar-refractivity contribution in [3.63, 3.8) is 0 Å². The molecule has 1 aromatic rings. The number of rotatable bonds is 2.